The molecule has 0 aliphatic heterocycles. The number of hydrogen-bond acceptors (Lipinski definition) is 7. The van der Waals surface area contributed by atoms with E-state index in [0.717, 1.165) is 31.7 Å². The number of carbonyl (C=O) groups is 1. The maximum atomic E-state index is 14.6. The van der Waals surface area contributed by atoms with Gasteiger partial charge in [-0.05, 0) is 26.0 Å². The Labute approximate surface area is 163 Å². The van der Waals surface area contributed by atoms with Gasteiger partial charge in [0.25, 0.3) is 5.91 Å². The van der Waals surface area contributed by atoms with Crippen molar-refractivity contribution >= 4 is 23.2 Å². The van der Waals surface area contributed by atoms with E-state index in [-0.39, 0.29) is 29.3 Å². The number of nitrogens with zero attached hydrogens (tertiary/aromatic N) is 2. The van der Waals surface area contributed by atoms with Crippen LogP contribution in [-0.4, -0.2) is 42.1 Å². The second-order valence-electron chi connectivity index (χ2n) is 6.75. The highest BCUT2D eigenvalue weighted by Crippen LogP contribution is 2.27. The molecule has 5 N–H and O–H groups in total. The maximum absolute atomic E-state index is 14.6. The van der Waals surface area contributed by atoms with E-state index in [1.807, 2.05) is 7.05 Å². The molecule has 2 heterocycles. The van der Waals surface area contributed by atoms with Gasteiger partial charge in [-0.2, -0.15) is 0 Å². The van der Waals surface area contributed by atoms with Crippen molar-refractivity contribution in [3.63, 3.8) is 0 Å². The maximum Gasteiger partial charge on any atom is 0.252 e. The predicted molar refractivity (Wildman–Crippen MR) is 106 cm³/mol. The normalized spacial score (nSPS) is 19.1. The van der Waals surface area contributed by atoms with E-state index in [1.165, 1.54) is 7.11 Å². The van der Waals surface area contributed by atoms with Crippen LogP contribution in [0.3, 0.4) is 0 Å². The first-order chi connectivity index (χ1) is 13.5. The molecule has 0 bridgehead atoms. The van der Waals surface area contributed by atoms with E-state index in [4.69, 9.17) is 10.5 Å². The first-order valence-electron chi connectivity index (χ1n) is 9.22. The molecule has 1 fully saturated rings. The van der Waals surface area contributed by atoms with Gasteiger partial charge in [-0.25, -0.2) is 9.37 Å². The topological polar surface area (TPSA) is 114 Å². The minimum absolute atomic E-state index is 0.0420. The fraction of sp³-hybridized carbons (Fsp3) is 0.421. The lowest BCUT2D eigenvalue weighted by molar-refractivity contribution is 0.100. The largest absolute Gasteiger partial charge is 0.495 e. The molecule has 0 saturated heterocycles. The van der Waals surface area contributed by atoms with Crippen molar-refractivity contribution in [2.75, 3.05) is 24.8 Å². The van der Waals surface area contributed by atoms with Crippen LogP contribution >= 0.6 is 0 Å². The van der Waals surface area contributed by atoms with E-state index in [0.29, 0.717) is 11.4 Å². The summed E-state index contributed by atoms with van der Waals surface area (Å²) in [7, 11) is 3.42. The minimum atomic E-state index is -0.776. The van der Waals surface area contributed by atoms with Gasteiger partial charge >= 0.3 is 0 Å². The fourth-order valence-corrected chi connectivity index (χ4v) is 3.43. The SMILES string of the molecule is CNC1CCCCC1Nc1nc(Nc2cncc(OC)c2)c(C(N)=O)cc1F. The second kappa shape index (κ2) is 8.83. The van der Waals surface area contributed by atoms with E-state index < -0.39 is 11.7 Å². The number of methoxy groups -OCH3 is 1. The molecule has 2 aromatic rings. The Morgan fingerprint density at radius 2 is 1.96 bits per heavy atom. The molecule has 0 spiro atoms. The molecule has 2 unspecified atom stereocenters. The second-order valence-corrected chi connectivity index (χ2v) is 6.75. The monoisotopic (exact) mass is 388 g/mol. The summed E-state index contributed by atoms with van der Waals surface area (Å²) in [4.78, 5) is 20.2. The molecule has 28 heavy (non-hydrogen) atoms. The fourth-order valence-electron chi connectivity index (χ4n) is 3.43. The van der Waals surface area contributed by atoms with E-state index >= 15 is 0 Å². The van der Waals surface area contributed by atoms with Crippen molar-refractivity contribution in [1.82, 2.24) is 15.3 Å². The summed E-state index contributed by atoms with van der Waals surface area (Å²) in [5.41, 5.74) is 5.91. The van der Waals surface area contributed by atoms with Gasteiger partial charge in [-0.15, -0.1) is 0 Å². The molecular formula is C19H25FN6O2. The third-order valence-corrected chi connectivity index (χ3v) is 4.91. The van der Waals surface area contributed by atoms with Crippen LogP contribution in [-0.2, 0) is 0 Å². The standard InChI is InChI=1S/C19H25FN6O2/c1-22-15-5-3-4-6-16(15)25-19-14(20)8-13(17(21)27)18(26-19)24-11-7-12(28-2)10-23-9-11/h7-10,15-16,22H,3-6H2,1-2H3,(H2,21,27)(H2,24,25,26). The molecule has 1 aliphatic rings. The van der Waals surface area contributed by atoms with E-state index in [1.54, 1.807) is 18.5 Å². The van der Waals surface area contributed by atoms with Crippen LogP contribution < -0.4 is 26.4 Å². The summed E-state index contributed by atoms with van der Waals surface area (Å²) < 4.78 is 19.8. The number of likely N-dealkylation sites (N-methyl/N-ethyl adjacent to an activating group) is 1. The average Bonchev–Trinajstić information content (AvgIpc) is 2.70. The van der Waals surface area contributed by atoms with Crippen LogP contribution in [0, 0.1) is 5.82 Å². The molecule has 2 atom stereocenters. The Bertz CT molecular complexity index is 847. The van der Waals surface area contributed by atoms with Crippen molar-refractivity contribution in [3.8, 4) is 5.75 Å². The number of carbonyl (C=O) groups excluding carboxylic acids is 1. The first kappa shape index (κ1) is 19.8. The summed E-state index contributed by atoms with van der Waals surface area (Å²) in [6, 6.07) is 3.06. The lowest BCUT2D eigenvalue weighted by atomic mass is 9.90. The van der Waals surface area contributed by atoms with Crippen LogP contribution in [0.2, 0.25) is 0 Å². The molecule has 9 heteroatoms. The quantitative estimate of drug-likeness (QED) is 0.576. The Kier molecular flexibility index (Phi) is 6.25. The average molecular weight is 388 g/mol. The number of aromatic nitrogens is 2. The molecule has 0 aromatic carbocycles. The van der Waals surface area contributed by atoms with Gasteiger partial charge in [-0.1, -0.05) is 12.8 Å². The third-order valence-electron chi connectivity index (χ3n) is 4.91. The molecule has 3 rings (SSSR count). The van der Waals surface area contributed by atoms with Gasteiger partial charge in [0.1, 0.15) is 11.6 Å². The predicted octanol–water partition coefficient (Wildman–Crippen LogP) is 2.41. The first-order valence-corrected chi connectivity index (χ1v) is 9.22. The summed E-state index contributed by atoms with van der Waals surface area (Å²) in [6.45, 7) is 0. The number of anilines is 3. The lowest BCUT2D eigenvalue weighted by Gasteiger charge is -2.32. The zero-order valence-electron chi connectivity index (χ0n) is 16.0. The summed E-state index contributed by atoms with van der Waals surface area (Å²) in [5.74, 6) is -0.630. The van der Waals surface area contributed by atoms with Crippen molar-refractivity contribution in [2.24, 2.45) is 5.73 Å². The van der Waals surface area contributed by atoms with Crippen LogP contribution in [0.4, 0.5) is 21.7 Å². The van der Waals surface area contributed by atoms with Crippen LogP contribution in [0.1, 0.15) is 36.0 Å². The Balaban J connectivity index is 1.91. The zero-order chi connectivity index (χ0) is 20.1. The Morgan fingerprint density at radius 1 is 1.21 bits per heavy atom. The Morgan fingerprint density at radius 3 is 2.64 bits per heavy atom. The van der Waals surface area contributed by atoms with Gasteiger partial charge < -0.3 is 26.4 Å². The lowest BCUT2D eigenvalue weighted by Crippen LogP contribution is -2.45. The van der Waals surface area contributed by atoms with Gasteiger partial charge in [0.2, 0.25) is 0 Å². The zero-order valence-corrected chi connectivity index (χ0v) is 16.0. The molecule has 8 nitrogen and oxygen atoms in total. The molecule has 1 aliphatic carbocycles. The number of halogens is 1. The van der Waals surface area contributed by atoms with Gasteiger partial charge in [0, 0.05) is 18.2 Å². The molecular weight excluding hydrogens is 363 g/mol. The van der Waals surface area contributed by atoms with Crippen LogP contribution in [0.5, 0.6) is 5.75 Å². The molecule has 1 saturated carbocycles. The van der Waals surface area contributed by atoms with Gasteiger partial charge in [0.05, 0.1) is 30.8 Å². The number of rotatable bonds is 7. The highest BCUT2D eigenvalue weighted by atomic mass is 19.1. The van der Waals surface area contributed by atoms with E-state index in [2.05, 4.69) is 25.9 Å². The highest BCUT2D eigenvalue weighted by molar-refractivity contribution is 5.98. The smallest absolute Gasteiger partial charge is 0.252 e. The van der Waals surface area contributed by atoms with Crippen molar-refractivity contribution in [2.45, 2.75) is 37.8 Å². The number of pyridine rings is 2. The number of nitrogens with two attached hydrogens (primary N) is 1. The summed E-state index contributed by atoms with van der Waals surface area (Å²) >= 11 is 0. The molecule has 1 amide bonds. The molecule has 0 radical (unpaired) electrons. The summed E-state index contributed by atoms with van der Waals surface area (Å²) in [6.07, 6.45) is 7.21. The minimum Gasteiger partial charge on any atom is -0.495 e. The van der Waals surface area contributed by atoms with Crippen molar-refractivity contribution in [3.05, 3.63) is 35.9 Å². The van der Waals surface area contributed by atoms with Crippen LogP contribution in [0.25, 0.3) is 0 Å². The number of amides is 1. The van der Waals surface area contributed by atoms with Crippen molar-refractivity contribution in [1.29, 1.82) is 0 Å². The molecule has 2 aromatic heterocycles. The van der Waals surface area contributed by atoms with Gasteiger partial charge in [-0.3, -0.25) is 9.78 Å². The van der Waals surface area contributed by atoms with Crippen molar-refractivity contribution < 1.29 is 13.9 Å². The number of primary amides is 1. The number of ether oxygens (including phenoxy) is 1. The summed E-state index contributed by atoms with van der Waals surface area (Å²) in [5, 5.41) is 9.43. The Hall–Kier alpha value is -2.94. The van der Waals surface area contributed by atoms with Crippen LogP contribution in [0.15, 0.2) is 24.5 Å². The van der Waals surface area contributed by atoms with Gasteiger partial charge in [0.15, 0.2) is 11.6 Å². The number of nitrogens with one attached hydrogen (secondary N) is 3. The molecule has 150 valence electrons. The number of hydrogen-bond donors (Lipinski definition) is 4. The van der Waals surface area contributed by atoms with E-state index in [9.17, 15) is 9.18 Å². The third kappa shape index (κ3) is 4.48. The highest BCUT2D eigenvalue weighted by Gasteiger charge is 2.26.